The number of aromatic nitrogens is 3. The minimum absolute atomic E-state index is 0. The van der Waals surface area contributed by atoms with E-state index in [2.05, 4.69) is 10.3 Å². The molecule has 0 aliphatic rings. The average Bonchev–Trinajstić information content (AvgIpc) is 2.74. The standard InChI is InChI=1S/C11H16N5O.ClH.F6P/c1-14(2)11(15(3)4)17-16-10-8-6-5-7-9(10)12-13-16;;1-7(2,3,4,5)6/h5-8H,1-4H3;1H;/q+1;;-1. The molecule has 1 aromatic carbocycles. The van der Waals surface area contributed by atoms with E-state index < -0.39 is 7.81 Å². The molecular weight excluding hydrogens is 399 g/mol. The van der Waals surface area contributed by atoms with Gasteiger partial charge in [0.25, 0.3) is 0 Å². The fourth-order valence-electron chi connectivity index (χ4n) is 1.56. The summed E-state index contributed by atoms with van der Waals surface area (Å²) in [6.45, 7) is 0. The van der Waals surface area contributed by atoms with Crippen LogP contribution in [0.1, 0.15) is 0 Å². The van der Waals surface area contributed by atoms with Crippen LogP contribution in [0.15, 0.2) is 24.3 Å². The molecule has 14 heteroatoms. The Bertz CT molecular complexity index is 746. The number of para-hydroxylation sites is 1. The molecule has 0 unspecified atom stereocenters. The van der Waals surface area contributed by atoms with E-state index in [0.717, 1.165) is 11.0 Å². The van der Waals surface area contributed by atoms with Crippen LogP contribution in [0.25, 0.3) is 11.0 Å². The second-order valence-electron chi connectivity index (χ2n) is 5.07. The number of hydrogen-bond acceptors (Lipinski definition) is 3. The van der Waals surface area contributed by atoms with Gasteiger partial charge >= 0.3 is 39.0 Å². The summed E-state index contributed by atoms with van der Waals surface area (Å²) >= 11 is 0. The summed E-state index contributed by atoms with van der Waals surface area (Å²) in [5, 5.41) is 8.00. The molecule has 1 heterocycles. The quantitative estimate of drug-likeness (QED) is 0.233. The molecule has 0 atom stereocenters. The maximum absolute atomic E-state index is 10.7. The predicted octanol–water partition coefficient (Wildman–Crippen LogP) is 3.85. The third-order valence-electron chi connectivity index (χ3n) is 2.25. The van der Waals surface area contributed by atoms with Crippen molar-refractivity contribution in [2.75, 3.05) is 28.2 Å². The zero-order chi connectivity index (χ0) is 18.8. The normalized spacial score (nSPS) is 13.5. The average molecular weight is 416 g/mol. The Kier molecular flexibility index (Phi) is 6.34. The fraction of sp³-hybridized carbons (Fsp3) is 0.364. The van der Waals surface area contributed by atoms with E-state index in [1.54, 1.807) is 0 Å². The van der Waals surface area contributed by atoms with Crippen molar-refractivity contribution in [2.45, 2.75) is 0 Å². The summed E-state index contributed by atoms with van der Waals surface area (Å²) in [6.07, 6.45) is 0. The Morgan fingerprint density at radius 2 is 1.56 bits per heavy atom. The molecule has 0 aliphatic carbocycles. The van der Waals surface area contributed by atoms with Crippen molar-refractivity contribution in [1.29, 1.82) is 0 Å². The Balaban J connectivity index is 0.000000620. The first-order chi connectivity index (χ1) is 10.5. The molecule has 0 saturated carbocycles. The number of halogens is 7. The van der Waals surface area contributed by atoms with E-state index in [1.807, 2.05) is 61.9 Å². The summed E-state index contributed by atoms with van der Waals surface area (Å²) in [4.78, 5) is 8.99. The topological polar surface area (TPSA) is 46.2 Å². The van der Waals surface area contributed by atoms with Gasteiger partial charge in [0.2, 0.25) is 0 Å². The van der Waals surface area contributed by atoms with Crippen molar-refractivity contribution in [2.24, 2.45) is 0 Å². The van der Waals surface area contributed by atoms with Crippen LogP contribution in [0, 0.1) is 0 Å². The Hall–Kier alpha value is -1.81. The Morgan fingerprint density at radius 1 is 1.08 bits per heavy atom. The van der Waals surface area contributed by atoms with Crippen molar-refractivity contribution >= 4 is 37.3 Å². The van der Waals surface area contributed by atoms with Crippen LogP contribution in [0.3, 0.4) is 0 Å². The van der Waals surface area contributed by atoms with E-state index in [1.165, 1.54) is 4.85 Å². The van der Waals surface area contributed by atoms with Crippen LogP contribution in [-0.2, 0) is 0 Å². The predicted molar refractivity (Wildman–Crippen MR) is 85.7 cm³/mol. The van der Waals surface area contributed by atoms with Crippen LogP contribution in [0.4, 0.5) is 25.2 Å². The number of rotatable bonds is 1. The number of amidine groups is 1. The molecule has 0 fully saturated rings. The summed E-state index contributed by atoms with van der Waals surface area (Å²) in [7, 11) is -3.01. The molecule has 0 spiro atoms. The Labute approximate surface area is 145 Å². The molecule has 2 aromatic rings. The van der Waals surface area contributed by atoms with Gasteiger partial charge in [-0.25, -0.2) is 9.48 Å². The van der Waals surface area contributed by atoms with E-state index in [9.17, 15) is 25.2 Å². The monoisotopic (exact) mass is 415 g/mol. The van der Waals surface area contributed by atoms with Gasteiger partial charge in [0.05, 0.1) is 28.2 Å². The molecule has 0 amide bonds. The molecule has 0 bridgehead atoms. The minimum atomic E-state index is -10.7. The Morgan fingerprint density at radius 3 is 2.00 bits per heavy atom. The van der Waals surface area contributed by atoms with Gasteiger partial charge in [-0.15, -0.1) is 17.5 Å². The van der Waals surface area contributed by atoms with Crippen molar-refractivity contribution in [3.05, 3.63) is 24.3 Å². The summed E-state index contributed by atoms with van der Waals surface area (Å²) < 4.78 is 61.1. The molecule has 0 N–H and O–H groups in total. The van der Waals surface area contributed by atoms with Gasteiger partial charge in [-0.2, -0.15) is 0 Å². The zero-order valence-corrected chi connectivity index (χ0v) is 15.3. The molecule has 146 valence electrons. The van der Waals surface area contributed by atoms with Gasteiger partial charge < -0.3 is 0 Å². The molecule has 0 aliphatic heterocycles. The number of hydrogen-bond donors (Lipinski definition) is 0. The van der Waals surface area contributed by atoms with E-state index in [-0.39, 0.29) is 12.4 Å². The SMILES string of the molecule is CN(C)C(On1nnc2ccccc21)=[N+](C)C.Cl.F[P-](F)(F)(F)(F)F. The third kappa shape index (κ3) is 9.92. The van der Waals surface area contributed by atoms with Crippen LogP contribution < -0.4 is 4.84 Å². The molecule has 2 rings (SSSR count). The number of fused-ring (bicyclic) bond motifs is 1. The van der Waals surface area contributed by atoms with Crippen LogP contribution in [0.2, 0.25) is 0 Å². The summed E-state index contributed by atoms with van der Waals surface area (Å²) in [5.74, 6) is 0. The second-order valence-corrected chi connectivity index (χ2v) is 6.99. The summed E-state index contributed by atoms with van der Waals surface area (Å²) in [5.41, 5.74) is 1.65. The van der Waals surface area contributed by atoms with Crippen molar-refractivity contribution in [3.63, 3.8) is 0 Å². The van der Waals surface area contributed by atoms with Gasteiger partial charge in [-0.05, 0) is 17.3 Å². The zero-order valence-electron chi connectivity index (χ0n) is 13.6. The fourth-order valence-corrected chi connectivity index (χ4v) is 1.56. The molecule has 0 saturated heterocycles. The van der Waals surface area contributed by atoms with Crippen LogP contribution >= 0.6 is 20.2 Å². The molecular formula is C11H17ClF6N5OP. The second kappa shape index (κ2) is 6.83. The van der Waals surface area contributed by atoms with Crippen molar-refractivity contribution in [1.82, 2.24) is 20.1 Å². The van der Waals surface area contributed by atoms with Gasteiger partial charge in [-0.1, -0.05) is 17.0 Å². The number of benzene rings is 1. The molecule has 25 heavy (non-hydrogen) atoms. The van der Waals surface area contributed by atoms with Crippen molar-refractivity contribution in [3.8, 4) is 0 Å². The van der Waals surface area contributed by atoms with Gasteiger partial charge in [-0.3, -0.25) is 4.84 Å². The van der Waals surface area contributed by atoms with E-state index >= 15 is 0 Å². The first kappa shape index (κ1) is 23.2. The van der Waals surface area contributed by atoms with Gasteiger partial charge in [0.1, 0.15) is 11.0 Å². The van der Waals surface area contributed by atoms with Crippen LogP contribution in [0.5, 0.6) is 0 Å². The van der Waals surface area contributed by atoms with Gasteiger partial charge in [0.15, 0.2) is 0 Å². The molecule has 0 radical (unpaired) electrons. The van der Waals surface area contributed by atoms with Gasteiger partial charge in [0, 0.05) is 0 Å². The molecule has 1 aromatic heterocycles. The van der Waals surface area contributed by atoms with Crippen LogP contribution in [-0.4, -0.2) is 58.8 Å². The summed E-state index contributed by atoms with van der Waals surface area (Å²) in [6, 6.07) is 8.34. The van der Waals surface area contributed by atoms with Crippen molar-refractivity contribution < 1.29 is 34.6 Å². The molecule has 6 nitrogen and oxygen atoms in total. The maximum atomic E-state index is 9.87. The van der Waals surface area contributed by atoms with E-state index in [0.29, 0.717) is 6.02 Å². The van der Waals surface area contributed by atoms with E-state index in [4.69, 9.17) is 4.84 Å². The number of nitrogens with zero attached hydrogens (tertiary/aromatic N) is 5. The first-order valence-corrected chi connectivity index (χ1v) is 8.34. The third-order valence-corrected chi connectivity index (χ3v) is 2.25. The first-order valence-electron chi connectivity index (χ1n) is 6.31.